The van der Waals surface area contributed by atoms with E-state index in [2.05, 4.69) is 18.7 Å². The van der Waals surface area contributed by atoms with Crippen molar-refractivity contribution in [3.63, 3.8) is 0 Å². The highest BCUT2D eigenvalue weighted by Gasteiger charge is 2.40. The zero-order chi connectivity index (χ0) is 29.4. The van der Waals surface area contributed by atoms with Crippen LogP contribution in [-0.2, 0) is 4.79 Å². The number of ketones is 1. The Kier molecular flexibility index (Phi) is 7.80. The van der Waals surface area contributed by atoms with E-state index in [-0.39, 0.29) is 23.2 Å². The second-order valence-electron chi connectivity index (χ2n) is 10.2. The molecule has 4 aromatic rings. The van der Waals surface area contributed by atoms with Crippen molar-refractivity contribution >= 4 is 34.7 Å². The normalized spacial score (nSPS) is 16.0. The highest BCUT2D eigenvalue weighted by Crippen LogP contribution is 2.45. The van der Waals surface area contributed by atoms with Gasteiger partial charge < -0.3 is 14.4 Å². The van der Waals surface area contributed by atoms with Crippen LogP contribution < -0.4 is 19.9 Å². The Hall–Kier alpha value is -4.07. The van der Waals surface area contributed by atoms with Gasteiger partial charge in [0.1, 0.15) is 11.5 Å². The van der Waals surface area contributed by atoms with E-state index >= 15 is 0 Å². The number of ether oxygens (including phenoxy) is 2. The molecule has 1 aliphatic heterocycles. The van der Waals surface area contributed by atoms with Crippen molar-refractivity contribution in [1.82, 2.24) is 9.55 Å². The SMILES string of the molecule is CCN(CC)c1cccc(Oc2nc3c(c(=O)n2-c2ccc(Cl)cc2)C(c2ccc(Cl)cc2)C2=C(CCCC2=O)O3)c1. The van der Waals surface area contributed by atoms with Gasteiger partial charge >= 0.3 is 6.01 Å². The number of hydrogen-bond donors (Lipinski definition) is 0. The number of halogens is 2. The average Bonchev–Trinajstić information content (AvgIpc) is 2.99. The Bertz CT molecular complexity index is 1740. The molecule has 1 atom stereocenters. The fraction of sp³-hybridized carbons (Fsp3) is 0.242. The zero-order valence-corrected chi connectivity index (χ0v) is 24.8. The third kappa shape index (κ3) is 5.19. The highest BCUT2D eigenvalue weighted by atomic mass is 35.5. The van der Waals surface area contributed by atoms with Crippen LogP contribution in [0.5, 0.6) is 17.6 Å². The average molecular weight is 603 g/mol. The van der Waals surface area contributed by atoms with Gasteiger partial charge in [-0.1, -0.05) is 41.4 Å². The maximum atomic E-state index is 14.6. The van der Waals surface area contributed by atoms with Gasteiger partial charge in [-0.25, -0.2) is 4.57 Å². The number of anilines is 1. The van der Waals surface area contributed by atoms with E-state index in [1.54, 1.807) is 36.4 Å². The predicted molar refractivity (Wildman–Crippen MR) is 165 cm³/mol. The third-order valence-electron chi connectivity index (χ3n) is 7.70. The molecule has 0 saturated carbocycles. The molecule has 2 aliphatic rings. The molecule has 9 heteroatoms. The maximum Gasteiger partial charge on any atom is 0.312 e. The predicted octanol–water partition coefficient (Wildman–Crippen LogP) is 7.71. The molecule has 7 nitrogen and oxygen atoms in total. The Balaban J connectivity index is 1.57. The Morgan fingerprint density at radius 3 is 2.33 bits per heavy atom. The van der Waals surface area contributed by atoms with Gasteiger partial charge in [0, 0.05) is 53.3 Å². The number of hydrogen-bond acceptors (Lipinski definition) is 6. The summed E-state index contributed by atoms with van der Waals surface area (Å²) in [6.45, 7) is 5.85. The molecule has 3 aromatic carbocycles. The van der Waals surface area contributed by atoms with E-state index in [4.69, 9.17) is 37.7 Å². The molecular formula is C33H29Cl2N3O4. The molecule has 0 fully saturated rings. The maximum absolute atomic E-state index is 14.6. The zero-order valence-electron chi connectivity index (χ0n) is 23.3. The molecule has 0 saturated heterocycles. The van der Waals surface area contributed by atoms with Gasteiger partial charge in [0.25, 0.3) is 5.56 Å². The van der Waals surface area contributed by atoms with Crippen molar-refractivity contribution in [2.45, 2.75) is 39.0 Å². The second-order valence-corrected chi connectivity index (χ2v) is 11.1. The fourth-order valence-electron chi connectivity index (χ4n) is 5.66. The molecule has 0 bridgehead atoms. The summed E-state index contributed by atoms with van der Waals surface area (Å²) in [5.74, 6) is 0.504. The summed E-state index contributed by atoms with van der Waals surface area (Å²) >= 11 is 12.4. The number of rotatable bonds is 7. The number of benzene rings is 3. The number of Topliss-reactive ketones (excluding diaryl/α,β-unsaturated/α-hetero) is 1. The molecule has 1 aromatic heterocycles. The number of carbonyl (C=O) groups excluding carboxylic acids is 1. The van der Waals surface area contributed by atoms with Crippen molar-refractivity contribution in [2.24, 2.45) is 0 Å². The first-order chi connectivity index (χ1) is 20.4. The molecule has 0 amide bonds. The van der Waals surface area contributed by atoms with E-state index in [1.807, 2.05) is 36.4 Å². The molecule has 6 rings (SSSR count). The van der Waals surface area contributed by atoms with Crippen LogP contribution in [0, 0.1) is 0 Å². The van der Waals surface area contributed by atoms with E-state index in [0.717, 1.165) is 24.3 Å². The second kappa shape index (κ2) is 11.7. The molecule has 0 N–H and O–H groups in total. The van der Waals surface area contributed by atoms with Crippen LogP contribution in [0.15, 0.2) is 88.9 Å². The molecule has 214 valence electrons. The number of nitrogens with zero attached hydrogens (tertiary/aromatic N) is 3. The number of aromatic nitrogens is 2. The Morgan fingerprint density at radius 2 is 1.64 bits per heavy atom. The monoisotopic (exact) mass is 601 g/mol. The minimum atomic E-state index is -0.660. The summed E-state index contributed by atoms with van der Waals surface area (Å²) in [5, 5.41) is 1.08. The quantitative estimate of drug-likeness (QED) is 0.216. The van der Waals surface area contributed by atoms with Gasteiger partial charge in [0.15, 0.2) is 5.78 Å². The summed E-state index contributed by atoms with van der Waals surface area (Å²) in [6, 6.07) is 21.7. The molecule has 1 aliphatic carbocycles. The van der Waals surface area contributed by atoms with Gasteiger partial charge in [0.2, 0.25) is 5.88 Å². The van der Waals surface area contributed by atoms with Crippen molar-refractivity contribution in [3.8, 4) is 23.3 Å². The van der Waals surface area contributed by atoms with E-state index in [0.29, 0.717) is 52.1 Å². The first kappa shape index (κ1) is 28.1. The number of fused-ring (bicyclic) bond motifs is 1. The van der Waals surface area contributed by atoms with E-state index in [9.17, 15) is 9.59 Å². The first-order valence-corrected chi connectivity index (χ1v) is 14.8. The summed E-state index contributed by atoms with van der Waals surface area (Å²) in [6.07, 6.45) is 1.64. The fourth-order valence-corrected chi connectivity index (χ4v) is 5.91. The van der Waals surface area contributed by atoms with Crippen LogP contribution >= 0.6 is 23.2 Å². The number of carbonyl (C=O) groups is 1. The lowest BCUT2D eigenvalue weighted by Crippen LogP contribution is -2.34. The van der Waals surface area contributed by atoms with Crippen molar-refractivity contribution in [1.29, 1.82) is 0 Å². The minimum absolute atomic E-state index is 0.0344. The van der Waals surface area contributed by atoms with Gasteiger partial charge in [0.05, 0.1) is 17.2 Å². The standard InChI is InChI=1S/C33H29Cl2N3O4/c1-3-37(4-2)24-7-5-8-25(19-24)41-33-36-31-30(32(40)38(33)23-17-15-22(35)16-18-23)28(20-11-13-21(34)14-12-20)29-26(39)9-6-10-27(29)42-31/h5,7-8,11-19,28H,3-4,6,9-10H2,1-2H3. The van der Waals surface area contributed by atoms with Gasteiger partial charge in [-0.15, -0.1) is 0 Å². The molecule has 0 radical (unpaired) electrons. The van der Waals surface area contributed by atoms with Gasteiger partial charge in [-0.2, -0.15) is 4.98 Å². The van der Waals surface area contributed by atoms with E-state index in [1.165, 1.54) is 4.57 Å². The number of allylic oxidation sites excluding steroid dienone is 2. The van der Waals surface area contributed by atoms with Crippen molar-refractivity contribution in [3.05, 3.63) is 116 Å². The van der Waals surface area contributed by atoms with Crippen LogP contribution in [0.2, 0.25) is 10.0 Å². The summed E-state index contributed by atoms with van der Waals surface area (Å²) in [4.78, 5) is 34.9. The summed E-state index contributed by atoms with van der Waals surface area (Å²) in [7, 11) is 0. The highest BCUT2D eigenvalue weighted by molar-refractivity contribution is 6.30. The van der Waals surface area contributed by atoms with Crippen LogP contribution in [0.25, 0.3) is 5.69 Å². The van der Waals surface area contributed by atoms with Gasteiger partial charge in [-0.3, -0.25) is 9.59 Å². The van der Waals surface area contributed by atoms with Crippen LogP contribution in [0.1, 0.15) is 50.2 Å². The van der Waals surface area contributed by atoms with Crippen LogP contribution in [0.3, 0.4) is 0 Å². The first-order valence-electron chi connectivity index (χ1n) is 14.0. The molecule has 1 unspecified atom stereocenters. The molecule has 42 heavy (non-hydrogen) atoms. The molecule has 2 heterocycles. The van der Waals surface area contributed by atoms with Crippen molar-refractivity contribution < 1.29 is 14.3 Å². The summed E-state index contributed by atoms with van der Waals surface area (Å²) < 4.78 is 14.0. The lowest BCUT2D eigenvalue weighted by molar-refractivity contribution is -0.116. The van der Waals surface area contributed by atoms with Crippen molar-refractivity contribution in [2.75, 3.05) is 18.0 Å². The molecule has 0 spiro atoms. The third-order valence-corrected chi connectivity index (χ3v) is 8.21. The van der Waals surface area contributed by atoms with Crippen LogP contribution in [-0.4, -0.2) is 28.4 Å². The van der Waals surface area contributed by atoms with Gasteiger partial charge in [-0.05, 0) is 74.4 Å². The Labute approximate surface area is 253 Å². The molecular weight excluding hydrogens is 573 g/mol. The smallest absolute Gasteiger partial charge is 0.312 e. The Morgan fingerprint density at radius 1 is 0.952 bits per heavy atom. The summed E-state index contributed by atoms with van der Waals surface area (Å²) in [5.41, 5.74) is 2.63. The topological polar surface area (TPSA) is 73.7 Å². The minimum Gasteiger partial charge on any atom is -0.442 e. The van der Waals surface area contributed by atoms with E-state index < -0.39 is 11.5 Å². The van der Waals surface area contributed by atoms with Crippen LogP contribution in [0.4, 0.5) is 5.69 Å². The lowest BCUT2D eigenvalue weighted by Gasteiger charge is -2.32. The lowest BCUT2D eigenvalue weighted by atomic mass is 9.78. The largest absolute Gasteiger partial charge is 0.442 e.